The Hall–Kier alpha value is -2.94. The van der Waals surface area contributed by atoms with Crippen LogP contribution in [-0.4, -0.2) is 4.92 Å². The van der Waals surface area contributed by atoms with Crippen molar-refractivity contribution < 1.29 is 4.92 Å². The second kappa shape index (κ2) is 5.82. The Kier molecular flexibility index (Phi) is 3.71. The molecule has 0 fully saturated rings. The predicted octanol–water partition coefficient (Wildman–Crippen LogP) is 4.90. The van der Waals surface area contributed by atoms with Gasteiger partial charge in [0.05, 0.1) is 10.5 Å². The molecule has 0 heterocycles. The number of hydrogen-bond acceptors (Lipinski definition) is 2. The molecule has 0 bridgehead atoms. The molecule has 3 aromatic rings. The monoisotopic (exact) mass is 289 g/mol. The molecule has 22 heavy (non-hydrogen) atoms. The molecule has 0 atom stereocenters. The molecule has 0 saturated heterocycles. The van der Waals surface area contributed by atoms with Crippen molar-refractivity contribution in [2.45, 2.75) is 6.92 Å². The van der Waals surface area contributed by atoms with Crippen LogP contribution < -0.4 is 0 Å². The van der Waals surface area contributed by atoms with Crippen LogP contribution in [0.2, 0.25) is 0 Å². The van der Waals surface area contributed by atoms with Crippen LogP contribution in [0.1, 0.15) is 18.1 Å². The quantitative estimate of drug-likeness (QED) is 0.508. The third-order valence-electron chi connectivity index (χ3n) is 3.76. The zero-order valence-electron chi connectivity index (χ0n) is 12.2. The average Bonchev–Trinajstić information content (AvgIpc) is 2.56. The summed E-state index contributed by atoms with van der Waals surface area (Å²) in [6.07, 6.45) is 0. The number of benzene rings is 3. The lowest BCUT2D eigenvalue weighted by Crippen LogP contribution is -2.01. The van der Waals surface area contributed by atoms with Gasteiger partial charge in [-0.2, -0.15) is 0 Å². The minimum Gasteiger partial charge on any atom is -0.259 e. The van der Waals surface area contributed by atoms with Gasteiger partial charge in [0.2, 0.25) is 0 Å². The third-order valence-corrected chi connectivity index (χ3v) is 3.76. The van der Waals surface area contributed by atoms with Gasteiger partial charge >= 0.3 is 0 Å². The molecule has 0 amide bonds. The Morgan fingerprint density at radius 3 is 2.23 bits per heavy atom. The summed E-state index contributed by atoms with van der Waals surface area (Å²) in [5, 5.41) is 13.5. The van der Waals surface area contributed by atoms with E-state index in [1.807, 2.05) is 72.8 Å². The molecule has 108 valence electrons. The van der Waals surface area contributed by atoms with Crippen molar-refractivity contribution in [2.75, 3.05) is 0 Å². The summed E-state index contributed by atoms with van der Waals surface area (Å²) >= 11 is 0. The first-order valence-corrected chi connectivity index (χ1v) is 7.07. The van der Waals surface area contributed by atoms with Crippen molar-refractivity contribution in [1.82, 2.24) is 0 Å². The van der Waals surface area contributed by atoms with Gasteiger partial charge in [-0.3, -0.25) is 10.1 Å². The molecule has 0 N–H and O–H groups in total. The molecular weight excluding hydrogens is 274 g/mol. The predicted molar refractivity (Wildman–Crippen MR) is 89.1 cm³/mol. The second-order valence-electron chi connectivity index (χ2n) is 5.11. The number of nitro groups is 1. The number of nitrogens with zero attached hydrogens (tertiary/aromatic N) is 1. The Morgan fingerprint density at radius 2 is 1.50 bits per heavy atom. The fraction of sp³-hybridized carbons (Fsp3) is 0.0526. The maximum atomic E-state index is 11.4. The Labute approximate surface area is 128 Å². The van der Waals surface area contributed by atoms with Gasteiger partial charge in [-0.15, -0.1) is 0 Å². The molecule has 3 rings (SSSR count). The topological polar surface area (TPSA) is 43.1 Å². The molecule has 0 aliphatic carbocycles. The third kappa shape index (κ3) is 2.49. The average molecular weight is 289 g/mol. The summed E-state index contributed by atoms with van der Waals surface area (Å²) < 4.78 is 0. The first-order valence-electron chi connectivity index (χ1n) is 7.07. The van der Waals surface area contributed by atoms with Crippen molar-refractivity contribution >= 4 is 16.3 Å². The summed E-state index contributed by atoms with van der Waals surface area (Å²) in [6, 6.07) is 23.4. The Bertz CT molecular complexity index is 862. The standard InChI is InChI=1S/C19H15NO2/c1-14(20(21)22)19(16-9-3-2-4-10-16)18-13-7-11-15-8-5-6-12-17(15)18/h2-13H,1H3/b19-14+. The fourth-order valence-electron chi connectivity index (χ4n) is 2.70. The van der Waals surface area contributed by atoms with E-state index in [1.54, 1.807) is 6.92 Å². The van der Waals surface area contributed by atoms with E-state index < -0.39 is 0 Å². The van der Waals surface area contributed by atoms with Crippen molar-refractivity contribution in [3.63, 3.8) is 0 Å². The van der Waals surface area contributed by atoms with E-state index >= 15 is 0 Å². The molecule has 3 aromatic carbocycles. The molecule has 0 spiro atoms. The number of fused-ring (bicyclic) bond motifs is 1. The van der Waals surface area contributed by atoms with Gasteiger partial charge in [0.1, 0.15) is 0 Å². The van der Waals surface area contributed by atoms with E-state index in [4.69, 9.17) is 0 Å². The maximum Gasteiger partial charge on any atom is 0.251 e. The minimum absolute atomic E-state index is 0.155. The summed E-state index contributed by atoms with van der Waals surface area (Å²) in [5.41, 5.74) is 2.57. The molecule has 3 nitrogen and oxygen atoms in total. The summed E-state index contributed by atoms with van der Waals surface area (Å²) in [6.45, 7) is 1.56. The lowest BCUT2D eigenvalue weighted by Gasteiger charge is -2.11. The van der Waals surface area contributed by atoms with Gasteiger partial charge < -0.3 is 0 Å². The van der Waals surface area contributed by atoms with Crippen molar-refractivity contribution in [1.29, 1.82) is 0 Å². The van der Waals surface area contributed by atoms with Gasteiger partial charge in [0.25, 0.3) is 5.70 Å². The first kappa shape index (κ1) is 14.0. The molecular formula is C19H15NO2. The van der Waals surface area contributed by atoms with E-state index in [0.717, 1.165) is 21.9 Å². The second-order valence-corrected chi connectivity index (χ2v) is 5.11. The van der Waals surface area contributed by atoms with Crippen LogP contribution in [0.5, 0.6) is 0 Å². The van der Waals surface area contributed by atoms with Crippen molar-refractivity contribution in [3.05, 3.63) is 99.7 Å². The fourth-order valence-corrected chi connectivity index (χ4v) is 2.70. The zero-order chi connectivity index (χ0) is 15.5. The van der Waals surface area contributed by atoms with E-state index in [9.17, 15) is 10.1 Å². The number of hydrogen-bond donors (Lipinski definition) is 0. The van der Waals surface area contributed by atoms with Crippen LogP contribution in [0.15, 0.2) is 78.5 Å². The number of allylic oxidation sites excluding steroid dienone is 1. The molecule has 0 aromatic heterocycles. The van der Waals surface area contributed by atoms with E-state index in [0.29, 0.717) is 5.57 Å². The molecule has 0 unspecified atom stereocenters. The highest BCUT2D eigenvalue weighted by atomic mass is 16.6. The highest BCUT2D eigenvalue weighted by molar-refractivity contribution is 5.98. The lowest BCUT2D eigenvalue weighted by molar-refractivity contribution is -0.423. The molecule has 0 saturated carbocycles. The molecule has 0 aliphatic rings. The van der Waals surface area contributed by atoms with Crippen LogP contribution in [0.25, 0.3) is 16.3 Å². The van der Waals surface area contributed by atoms with Gasteiger partial charge in [-0.25, -0.2) is 0 Å². The summed E-state index contributed by atoms with van der Waals surface area (Å²) in [5.74, 6) is 0. The first-order chi connectivity index (χ1) is 10.7. The van der Waals surface area contributed by atoms with Crippen molar-refractivity contribution in [2.24, 2.45) is 0 Å². The molecule has 3 heteroatoms. The maximum absolute atomic E-state index is 11.4. The highest BCUT2D eigenvalue weighted by Crippen LogP contribution is 2.32. The Balaban J connectivity index is 2.36. The SMILES string of the molecule is C/C(=C(/c1ccccc1)c1cccc2ccccc12)[N+](=O)[O-]. The van der Waals surface area contributed by atoms with Gasteiger partial charge in [0, 0.05) is 6.92 Å². The highest BCUT2D eigenvalue weighted by Gasteiger charge is 2.18. The summed E-state index contributed by atoms with van der Waals surface area (Å²) in [4.78, 5) is 11.1. The van der Waals surface area contributed by atoms with Crippen LogP contribution in [0.4, 0.5) is 0 Å². The molecule has 0 aliphatic heterocycles. The minimum atomic E-state index is -0.315. The lowest BCUT2D eigenvalue weighted by atomic mass is 9.92. The van der Waals surface area contributed by atoms with Crippen LogP contribution in [0, 0.1) is 10.1 Å². The Morgan fingerprint density at radius 1 is 0.864 bits per heavy atom. The van der Waals surface area contributed by atoms with Crippen LogP contribution >= 0.6 is 0 Å². The zero-order valence-corrected chi connectivity index (χ0v) is 12.2. The van der Waals surface area contributed by atoms with Gasteiger partial charge in [-0.05, 0) is 21.9 Å². The van der Waals surface area contributed by atoms with Crippen molar-refractivity contribution in [3.8, 4) is 0 Å². The van der Waals surface area contributed by atoms with Crippen LogP contribution in [0.3, 0.4) is 0 Å². The van der Waals surface area contributed by atoms with E-state index in [2.05, 4.69) is 0 Å². The smallest absolute Gasteiger partial charge is 0.251 e. The van der Waals surface area contributed by atoms with E-state index in [-0.39, 0.29) is 10.6 Å². The summed E-state index contributed by atoms with van der Waals surface area (Å²) in [7, 11) is 0. The molecule has 0 radical (unpaired) electrons. The number of rotatable bonds is 3. The normalized spacial score (nSPS) is 12.0. The van der Waals surface area contributed by atoms with Crippen LogP contribution in [-0.2, 0) is 0 Å². The van der Waals surface area contributed by atoms with Gasteiger partial charge in [0.15, 0.2) is 0 Å². The van der Waals surface area contributed by atoms with Gasteiger partial charge in [-0.1, -0.05) is 72.8 Å². The largest absolute Gasteiger partial charge is 0.259 e. The van der Waals surface area contributed by atoms with E-state index in [1.165, 1.54) is 0 Å².